The lowest BCUT2D eigenvalue weighted by molar-refractivity contribution is -0.135. The van der Waals surface area contributed by atoms with Crippen LogP contribution in [0.2, 0.25) is 0 Å². The average molecular weight is 397 g/mol. The van der Waals surface area contributed by atoms with Crippen LogP contribution in [0.1, 0.15) is 18.4 Å². The molecule has 0 saturated heterocycles. The van der Waals surface area contributed by atoms with Gasteiger partial charge in [-0.3, -0.25) is 9.59 Å². The predicted molar refractivity (Wildman–Crippen MR) is 109 cm³/mol. The van der Waals surface area contributed by atoms with E-state index in [-0.39, 0.29) is 24.3 Å². The molecular formula is C21H23N3O5. The third-order valence-electron chi connectivity index (χ3n) is 4.25. The molecule has 3 rings (SSSR count). The van der Waals surface area contributed by atoms with Gasteiger partial charge in [-0.15, -0.1) is 0 Å². The summed E-state index contributed by atoms with van der Waals surface area (Å²) >= 11 is 0. The molecule has 29 heavy (non-hydrogen) atoms. The zero-order valence-electron chi connectivity index (χ0n) is 16.3. The summed E-state index contributed by atoms with van der Waals surface area (Å²) in [6.45, 7) is 0.0725. The first-order valence-corrected chi connectivity index (χ1v) is 9.18. The first kappa shape index (κ1) is 20.2. The molecule has 0 spiro atoms. The van der Waals surface area contributed by atoms with Gasteiger partial charge in [-0.25, -0.2) is 5.43 Å². The SMILES string of the molecule is COc1ccc(NCC(=O)N/N=C\c2ccc(OC(=O)C3CC3)c(OC)c2)cc1. The number of carbonyl (C=O) groups excluding carboxylic acids is 2. The summed E-state index contributed by atoms with van der Waals surface area (Å²) in [6.07, 6.45) is 3.23. The Bertz CT molecular complexity index is 892. The number of hydrogen-bond donors (Lipinski definition) is 2. The van der Waals surface area contributed by atoms with Crippen molar-refractivity contribution in [1.29, 1.82) is 0 Å². The Kier molecular flexibility index (Phi) is 6.67. The van der Waals surface area contributed by atoms with E-state index in [1.165, 1.54) is 13.3 Å². The number of nitrogens with one attached hydrogen (secondary N) is 2. The van der Waals surface area contributed by atoms with Gasteiger partial charge in [0.1, 0.15) is 5.75 Å². The molecule has 0 atom stereocenters. The normalized spacial score (nSPS) is 13.0. The van der Waals surface area contributed by atoms with E-state index < -0.39 is 0 Å². The summed E-state index contributed by atoms with van der Waals surface area (Å²) in [4.78, 5) is 23.7. The highest BCUT2D eigenvalue weighted by Gasteiger charge is 2.32. The second-order valence-electron chi connectivity index (χ2n) is 6.48. The maximum atomic E-state index is 11.9. The summed E-state index contributed by atoms with van der Waals surface area (Å²) < 4.78 is 15.7. The van der Waals surface area contributed by atoms with Crippen molar-refractivity contribution in [3.63, 3.8) is 0 Å². The summed E-state index contributed by atoms with van der Waals surface area (Å²) in [5.74, 6) is 1.01. The van der Waals surface area contributed by atoms with Gasteiger partial charge in [0.25, 0.3) is 5.91 Å². The quantitative estimate of drug-likeness (QED) is 0.292. The van der Waals surface area contributed by atoms with Crippen LogP contribution in [0.3, 0.4) is 0 Å². The van der Waals surface area contributed by atoms with Crippen LogP contribution < -0.4 is 25.0 Å². The summed E-state index contributed by atoms with van der Waals surface area (Å²) in [6, 6.07) is 12.3. The van der Waals surface area contributed by atoms with Gasteiger partial charge in [0.05, 0.1) is 32.9 Å². The monoisotopic (exact) mass is 397 g/mol. The van der Waals surface area contributed by atoms with E-state index in [0.29, 0.717) is 17.1 Å². The number of carbonyl (C=O) groups is 2. The number of hydrogen-bond acceptors (Lipinski definition) is 7. The van der Waals surface area contributed by atoms with E-state index in [4.69, 9.17) is 14.2 Å². The van der Waals surface area contributed by atoms with Crippen LogP contribution >= 0.6 is 0 Å². The lowest BCUT2D eigenvalue weighted by Crippen LogP contribution is -2.25. The zero-order valence-corrected chi connectivity index (χ0v) is 16.3. The van der Waals surface area contributed by atoms with Crippen molar-refractivity contribution in [3.05, 3.63) is 48.0 Å². The van der Waals surface area contributed by atoms with Crippen LogP contribution in [0.25, 0.3) is 0 Å². The van der Waals surface area contributed by atoms with Crippen LogP contribution in [0, 0.1) is 5.92 Å². The molecule has 1 aliphatic carbocycles. The fraction of sp³-hybridized carbons (Fsp3) is 0.286. The molecule has 0 heterocycles. The molecule has 0 radical (unpaired) electrons. The van der Waals surface area contributed by atoms with E-state index in [9.17, 15) is 9.59 Å². The fourth-order valence-electron chi connectivity index (χ4n) is 2.47. The first-order valence-electron chi connectivity index (χ1n) is 9.18. The van der Waals surface area contributed by atoms with Gasteiger partial charge in [-0.05, 0) is 60.9 Å². The van der Waals surface area contributed by atoms with E-state index in [1.54, 1.807) is 37.4 Å². The molecular weight excluding hydrogens is 374 g/mol. The zero-order chi connectivity index (χ0) is 20.6. The summed E-state index contributed by atoms with van der Waals surface area (Å²) in [7, 11) is 3.09. The van der Waals surface area contributed by atoms with Gasteiger partial charge < -0.3 is 19.5 Å². The molecule has 1 aliphatic rings. The minimum absolute atomic E-state index is 0.00248. The molecule has 0 bridgehead atoms. The average Bonchev–Trinajstić information content (AvgIpc) is 3.59. The van der Waals surface area contributed by atoms with Crippen LogP contribution in [0.4, 0.5) is 5.69 Å². The Hall–Kier alpha value is -3.55. The molecule has 2 aromatic carbocycles. The number of methoxy groups -OCH3 is 2. The third-order valence-corrected chi connectivity index (χ3v) is 4.25. The lowest BCUT2D eigenvalue weighted by Gasteiger charge is -2.09. The number of ether oxygens (including phenoxy) is 3. The number of nitrogens with zero attached hydrogens (tertiary/aromatic N) is 1. The van der Waals surface area contributed by atoms with Crippen LogP contribution in [-0.2, 0) is 9.59 Å². The van der Waals surface area contributed by atoms with Gasteiger partial charge in [-0.2, -0.15) is 5.10 Å². The molecule has 0 aromatic heterocycles. The highest BCUT2D eigenvalue weighted by atomic mass is 16.6. The standard InChI is InChI=1S/C21H23N3O5/c1-27-17-8-6-16(7-9-17)22-13-20(25)24-23-12-14-3-10-18(19(11-14)28-2)29-21(26)15-4-5-15/h3,6-12,15,22H,4-5,13H2,1-2H3,(H,24,25)/b23-12-. The third kappa shape index (κ3) is 5.97. The highest BCUT2D eigenvalue weighted by Crippen LogP contribution is 2.34. The maximum absolute atomic E-state index is 11.9. The molecule has 8 heteroatoms. The van der Waals surface area contributed by atoms with E-state index in [0.717, 1.165) is 24.3 Å². The van der Waals surface area contributed by atoms with Crippen LogP contribution in [0.15, 0.2) is 47.6 Å². The van der Waals surface area contributed by atoms with Crippen molar-refractivity contribution in [2.24, 2.45) is 11.0 Å². The fourth-order valence-corrected chi connectivity index (χ4v) is 2.47. The Morgan fingerprint density at radius 1 is 1.07 bits per heavy atom. The van der Waals surface area contributed by atoms with Crippen molar-refractivity contribution in [2.75, 3.05) is 26.1 Å². The minimum Gasteiger partial charge on any atom is -0.497 e. The van der Waals surface area contributed by atoms with Gasteiger partial charge >= 0.3 is 5.97 Å². The van der Waals surface area contributed by atoms with E-state index in [1.807, 2.05) is 12.1 Å². The summed E-state index contributed by atoms with van der Waals surface area (Å²) in [5, 5.41) is 6.93. The maximum Gasteiger partial charge on any atom is 0.314 e. The molecule has 1 amide bonds. The number of rotatable bonds is 9. The number of esters is 1. The molecule has 8 nitrogen and oxygen atoms in total. The van der Waals surface area contributed by atoms with E-state index >= 15 is 0 Å². The Labute approximate surface area is 168 Å². The lowest BCUT2D eigenvalue weighted by atomic mass is 10.2. The van der Waals surface area contributed by atoms with Crippen molar-refractivity contribution in [1.82, 2.24) is 5.43 Å². The largest absolute Gasteiger partial charge is 0.497 e. The molecule has 1 fully saturated rings. The number of amides is 1. The number of benzene rings is 2. The molecule has 1 saturated carbocycles. The minimum atomic E-state index is -0.293. The molecule has 0 unspecified atom stereocenters. The molecule has 2 aromatic rings. The van der Waals surface area contributed by atoms with Crippen LogP contribution in [-0.4, -0.2) is 38.9 Å². The van der Waals surface area contributed by atoms with Gasteiger partial charge in [0, 0.05) is 5.69 Å². The number of anilines is 1. The van der Waals surface area contributed by atoms with Crippen molar-refractivity contribution < 1.29 is 23.8 Å². The molecule has 152 valence electrons. The first-order chi connectivity index (χ1) is 14.1. The van der Waals surface area contributed by atoms with Gasteiger partial charge in [0.15, 0.2) is 11.5 Å². The molecule has 0 aliphatic heterocycles. The predicted octanol–water partition coefficient (Wildman–Crippen LogP) is 2.58. The van der Waals surface area contributed by atoms with Gasteiger partial charge in [-0.1, -0.05) is 0 Å². The van der Waals surface area contributed by atoms with Crippen molar-refractivity contribution in [2.45, 2.75) is 12.8 Å². The number of hydrazone groups is 1. The van der Waals surface area contributed by atoms with Crippen molar-refractivity contribution in [3.8, 4) is 17.2 Å². The second-order valence-corrected chi connectivity index (χ2v) is 6.48. The topological polar surface area (TPSA) is 98.3 Å². The smallest absolute Gasteiger partial charge is 0.314 e. The van der Waals surface area contributed by atoms with Crippen LogP contribution in [0.5, 0.6) is 17.2 Å². The Morgan fingerprint density at radius 3 is 2.48 bits per heavy atom. The Balaban J connectivity index is 1.49. The summed E-state index contributed by atoms with van der Waals surface area (Å²) in [5.41, 5.74) is 3.94. The van der Waals surface area contributed by atoms with Crippen molar-refractivity contribution >= 4 is 23.8 Å². The highest BCUT2D eigenvalue weighted by molar-refractivity contribution is 5.85. The second kappa shape index (κ2) is 9.59. The molecule has 2 N–H and O–H groups in total. The van der Waals surface area contributed by atoms with Gasteiger partial charge in [0.2, 0.25) is 0 Å². The Morgan fingerprint density at radius 2 is 1.83 bits per heavy atom. The van der Waals surface area contributed by atoms with E-state index in [2.05, 4.69) is 15.8 Å².